The number of carbonyl (C=O) groups excluding carboxylic acids is 1. The summed E-state index contributed by atoms with van der Waals surface area (Å²) < 4.78 is 0. The highest BCUT2D eigenvalue weighted by Gasteiger charge is 2.23. The van der Waals surface area contributed by atoms with Crippen LogP contribution in [-0.2, 0) is 4.79 Å². The number of primary amides is 1. The number of hydrogen-bond donors (Lipinski definition) is 2. The van der Waals surface area contributed by atoms with Gasteiger partial charge < -0.3 is 10.8 Å². The molecule has 0 aromatic carbocycles. The van der Waals surface area contributed by atoms with Crippen LogP contribution in [0.5, 0.6) is 0 Å². The van der Waals surface area contributed by atoms with E-state index in [9.17, 15) is 9.90 Å². The number of halogens is 1. The average Bonchev–Trinajstić information content (AvgIpc) is 2.23. The molecule has 0 radical (unpaired) electrons. The average molecular weight is 332 g/mol. The van der Waals surface area contributed by atoms with E-state index in [1.807, 2.05) is 20.8 Å². The summed E-state index contributed by atoms with van der Waals surface area (Å²) >= 11 is 3.51. The minimum Gasteiger partial charge on any atom is -0.389 e. The van der Waals surface area contributed by atoms with Crippen LogP contribution in [0, 0.1) is 0 Å². The van der Waals surface area contributed by atoms with Crippen molar-refractivity contribution in [3.8, 4) is 0 Å². The van der Waals surface area contributed by atoms with Crippen molar-refractivity contribution in [3.05, 3.63) is 23.3 Å². The van der Waals surface area contributed by atoms with E-state index in [-0.39, 0.29) is 10.7 Å². The highest BCUT2D eigenvalue weighted by atomic mass is 79.9. The highest BCUT2D eigenvalue weighted by Crippen LogP contribution is 2.24. The SMILES string of the molecule is C/C(=C\C(N)=O)CC/C=C(\C)CCC(Br)C(C)(C)O. The molecule has 110 valence electrons. The van der Waals surface area contributed by atoms with E-state index in [2.05, 4.69) is 28.9 Å². The standard InChI is InChI=1S/C15H26BrNO2/c1-11(8-9-13(16)15(3,4)19)6-5-7-12(2)10-14(17)18/h6,10,13,19H,5,7-9H2,1-4H3,(H2,17,18)/b11-6+,12-10+. The molecule has 4 heteroatoms. The van der Waals surface area contributed by atoms with Gasteiger partial charge in [-0.3, -0.25) is 4.79 Å². The van der Waals surface area contributed by atoms with Crippen molar-refractivity contribution in [2.75, 3.05) is 0 Å². The van der Waals surface area contributed by atoms with E-state index >= 15 is 0 Å². The topological polar surface area (TPSA) is 63.3 Å². The lowest BCUT2D eigenvalue weighted by Crippen LogP contribution is -2.31. The molecular formula is C15H26BrNO2. The van der Waals surface area contributed by atoms with Crippen molar-refractivity contribution < 1.29 is 9.90 Å². The Morgan fingerprint density at radius 3 is 2.37 bits per heavy atom. The van der Waals surface area contributed by atoms with Gasteiger partial charge in [-0.25, -0.2) is 0 Å². The van der Waals surface area contributed by atoms with Crippen molar-refractivity contribution in [2.45, 2.75) is 63.8 Å². The molecule has 0 aromatic heterocycles. The van der Waals surface area contributed by atoms with Crippen LogP contribution in [-0.4, -0.2) is 21.4 Å². The molecule has 0 saturated heterocycles. The van der Waals surface area contributed by atoms with Crippen LogP contribution in [0.1, 0.15) is 53.4 Å². The lowest BCUT2D eigenvalue weighted by molar-refractivity contribution is -0.113. The smallest absolute Gasteiger partial charge is 0.241 e. The highest BCUT2D eigenvalue weighted by molar-refractivity contribution is 9.09. The molecule has 0 fully saturated rings. The van der Waals surface area contributed by atoms with Gasteiger partial charge in [-0.05, 0) is 53.4 Å². The molecule has 1 unspecified atom stereocenters. The molecular weight excluding hydrogens is 306 g/mol. The van der Waals surface area contributed by atoms with Crippen LogP contribution in [0.25, 0.3) is 0 Å². The molecule has 3 N–H and O–H groups in total. The zero-order chi connectivity index (χ0) is 15.1. The van der Waals surface area contributed by atoms with Gasteiger partial charge in [-0.1, -0.05) is 33.2 Å². The van der Waals surface area contributed by atoms with Gasteiger partial charge in [0.25, 0.3) is 0 Å². The van der Waals surface area contributed by atoms with Crippen molar-refractivity contribution in [1.29, 1.82) is 0 Å². The second-order valence-electron chi connectivity index (χ2n) is 5.64. The zero-order valence-electron chi connectivity index (χ0n) is 12.4. The fourth-order valence-corrected chi connectivity index (χ4v) is 1.90. The van der Waals surface area contributed by atoms with Gasteiger partial charge >= 0.3 is 0 Å². The third kappa shape index (κ3) is 9.91. The molecule has 0 heterocycles. The fourth-order valence-electron chi connectivity index (χ4n) is 1.67. The first kappa shape index (κ1) is 18.4. The van der Waals surface area contributed by atoms with E-state index in [0.29, 0.717) is 0 Å². The molecule has 0 aliphatic heterocycles. The Labute approximate surface area is 125 Å². The fraction of sp³-hybridized carbons (Fsp3) is 0.667. The van der Waals surface area contributed by atoms with Crippen LogP contribution in [0.15, 0.2) is 23.3 Å². The number of rotatable bonds is 8. The Bertz CT molecular complexity index is 354. The number of alkyl halides is 1. The molecule has 1 atom stereocenters. The molecule has 19 heavy (non-hydrogen) atoms. The number of aliphatic hydroxyl groups is 1. The van der Waals surface area contributed by atoms with Gasteiger partial charge in [0.2, 0.25) is 5.91 Å². The van der Waals surface area contributed by atoms with E-state index in [1.165, 1.54) is 11.6 Å². The second kappa shape index (κ2) is 8.54. The summed E-state index contributed by atoms with van der Waals surface area (Å²) in [4.78, 5) is 10.8. The molecule has 0 aliphatic carbocycles. The summed E-state index contributed by atoms with van der Waals surface area (Å²) in [6.45, 7) is 7.63. The van der Waals surface area contributed by atoms with Crippen LogP contribution < -0.4 is 5.73 Å². The summed E-state index contributed by atoms with van der Waals surface area (Å²) in [5.41, 5.74) is 6.71. The molecule has 3 nitrogen and oxygen atoms in total. The van der Waals surface area contributed by atoms with Crippen LogP contribution in [0.3, 0.4) is 0 Å². The van der Waals surface area contributed by atoms with Gasteiger partial charge in [0.1, 0.15) is 0 Å². The largest absolute Gasteiger partial charge is 0.389 e. The van der Waals surface area contributed by atoms with Crippen molar-refractivity contribution in [3.63, 3.8) is 0 Å². The molecule has 0 saturated carbocycles. The number of carbonyl (C=O) groups is 1. The van der Waals surface area contributed by atoms with Gasteiger partial charge in [-0.15, -0.1) is 0 Å². The normalized spacial score (nSPS) is 15.5. The Morgan fingerprint density at radius 1 is 1.32 bits per heavy atom. The molecule has 1 amide bonds. The summed E-state index contributed by atoms with van der Waals surface area (Å²) in [5.74, 6) is -0.384. The van der Waals surface area contributed by atoms with Crippen molar-refractivity contribution in [2.24, 2.45) is 5.73 Å². The minimum atomic E-state index is -0.693. The maximum atomic E-state index is 10.7. The monoisotopic (exact) mass is 331 g/mol. The van der Waals surface area contributed by atoms with E-state index in [0.717, 1.165) is 31.3 Å². The predicted octanol–water partition coefficient (Wildman–Crippen LogP) is 3.46. The molecule has 0 aliphatic rings. The van der Waals surface area contributed by atoms with Crippen molar-refractivity contribution in [1.82, 2.24) is 0 Å². The summed E-state index contributed by atoms with van der Waals surface area (Å²) in [6.07, 6.45) is 7.29. The third-order valence-corrected chi connectivity index (χ3v) is 4.56. The number of hydrogen-bond acceptors (Lipinski definition) is 2. The van der Waals surface area contributed by atoms with Gasteiger partial charge in [-0.2, -0.15) is 0 Å². The van der Waals surface area contributed by atoms with Gasteiger partial charge in [0.15, 0.2) is 0 Å². The Morgan fingerprint density at radius 2 is 1.89 bits per heavy atom. The first-order valence-corrected chi connectivity index (χ1v) is 7.53. The second-order valence-corrected chi connectivity index (χ2v) is 6.75. The molecule has 0 aromatic rings. The first-order valence-electron chi connectivity index (χ1n) is 6.61. The zero-order valence-corrected chi connectivity index (χ0v) is 14.0. The Kier molecular flexibility index (Phi) is 8.26. The van der Waals surface area contributed by atoms with E-state index in [4.69, 9.17) is 5.73 Å². The van der Waals surface area contributed by atoms with E-state index < -0.39 is 5.60 Å². The van der Waals surface area contributed by atoms with Crippen LogP contribution in [0.4, 0.5) is 0 Å². The molecule has 0 rings (SSSR count). The van der Waals surface area contributed by atoms with Crippen molar-refractivity contribution >= 4 is 21.8 Å². The lowest BCUT2D eigenvalue weighted by atomic mass is 9.98. The lowest BCUT2D eigenvalue weighted by Gasteiger charge is -2.24. The maximum Gasteiger partial charge on any atom is 0.241 e. The van der Waals surface area contributed by atoms with Crippen LogP contribution >= 0.6 is 15.9 Å². The number of nitrogens with two attached hydrogens (primary N) is 1. The van der Waals surface area contributed by atoms with E-state index in [1.54, 1.807) is 0 Å². The molecule has 0 spiro atoms. The Balaban J connectivity index is 4.06. The van der Waals surface area contributed by atoms with Gasteiger partial charge in [0, 0.05) is 10.9 Å². The van der Waals surface area contributed by atoms with Crippen LogP contribution in [0.2, 0.25) is 0 Å². The maximum absolute atomic E-state index is 10.7. The Hall–Kier alpha value is -0.610. The predicted molar refractivity (Wildman–Crippen MR) is 84.2 cm³/mol. The summed E-state index contributed by atoms with van der Waals surface area (Å²) in [7, 11) is 0. The summed E-state index contributed by atoms with van der Waals surface area (Å²) in [6, 6.07) is 0. The molecule has 0 bridgehead atoms. The minimum absolute atomic E-state index is 0.0971. The number of amides is 1. The quantitative estimate of drug-likeness (QED) is 0.406. The summed E-state index contributed by atoms with van der Waals surface area (Å²) in [5, 5.41) is 9.81. The first-order chi connectivity index (χ1) is 8.62. The van der Waals surface area contributed by atoms with Gasteiger partial charge in [0.05, 0.1) is 5.60 Å². The third-order valence-electron chi connectivity index (χ3n) is 2.98. The number of allylic oxidation sites excluding steroid dienone is 3.